The Bertz CT molecular complexity index is 188. The number of hydrogen-bond donors (Lipinski definition) is 3. The molecular formula is C8H16N2O4. The normalized spacial score (nSPS) is 12.8. The fourth-order valence-corrected chi connectivity index (χ4v) is 1.24. The minimum Gasteiger partial charge on any atom is -0.480 e. The van der Waals surface area contributed by atoms with Crippen LogP contribution in [0.5, 0.6) is 0 Å². The average molecular weight is 204 g/mol. The molecule has 6 heteroatoms. The molecule has 0 saturated carbocycles. The lowest BCUT2D eigenvalue weighted by Gasteiger charge is -2.26. The van der Waals surface area contributed by atoms with E-state index in [2.05, 4.69) is 0 Å². The summed E-state index contributed by atoms with van der Waals surface area (Å²) in [5.74, 6) is -2.09. The number of nitrogens with two attached hydrogens (primary N) is 1. The largest absolute Gasteiger partial charge is 0.480 e. The van der Waals surface area contributed by atoms with Crippen molar-refractivity contribution in [2.45, 2.75) is 19.4 Å². The molecule has 0 bridgehead atoms. The van der Waals surface area contributed by atoms with Crippen molar-refractivity contribution >= 4 is 11.9 Å². The lowest BCUT2D eigenvalue weighted by Crippen LogP contribution is -2.45. The molecule has 4 N–H and O–H groups in total. The summed E-state index contributed by atoms with van der Waals surface area (Å²) in [6, 6.07) is -0.192. The predicted molar refractivity (Wildman–Crippen MR) is 50.0 cm³/mol. The minimum atomic E-state index is -1.04. The van der Waals surface area contributed by atoms with E-state index >= 15 is 0 Å². The number of aliphatic carboxylic acids is 2. The summed E-state index contributed by atoms with van der Waals surface area (Å²) in [4.78, 5) is 22.3. The topological polar surface area (TPSA) is 104 Å². The summed E-state index contributed by atoms with van der Waals surface area (Å²) in [5.41, 5.74) is 5.41. The van der Waals surface area contributed by atoms with Crippen molar-refractivity contribution in [2.24, 2.45) is 5.73 Å². The first-order valence-electron chi connectivity index (χ1n) is 4.39. The van der Waals surface area contributed by atoms with Crippen LogP contribution in [0.25, 0.3) is 0 Å². The standard InChI is InChI=1S/C8H16N2O4/c1-2-6(3-9)10(4-7(11)12)5-8(13)14/h6H,2-5,9H2,1H3,(H,11,12)(H,13,14). The van der Waals surface area contributed by atoms with Crippen LogP contribution in [0.15, 0.2) is 0 Å². The van der Waals surface area contributed by atoms with Crippen molar-refractivity contribution in [3.05, 3.63) is 0 Å². The smallest absolute Gasteiger partial charge is 0.317 e. The number of nitrogens with zero attached hydrogens (tertiary/aromatic N) is 1. The number of carbonyl (C=O) groups is 2. The highest BCUT2D eigenvalue weighted by atomic mass is 16.4. The zero-order valence-corrected chi connectivity index (χ0v) is 8.14. The molecular weight excluding hydrogens is 188 g/mol. The zero-order chi connectivity index (χ0) is 11.1. The molecule has 0 amide bonds. The second-order valence-electron chi connectivity index (χ2n) is 2.99. The molecule has 1 atom stereocenters. The molecule has 0 saturated heterocycles. The molecule has 6 nitrogen and oxygen atoms in total. The van der Waals surface area contributed by atoms with Crippen molar-refractivity contribution in [1.82, 2.24) is 4.90 Å². The van der Waals surface area contributed by atoms with E-state index in [1.165, 1.54) is 4.90 Å². The Labute approximate surface area is 82.3 Å². The van der Waals surface area contributed by atoms with Crippen LogP contribution in [0.1, 0.15) is 13.3 Å². The molecule has 0 rings (SSSR count). The highest BCUT2D eigenvalue weighted by Gasteiger charge is 2.20. The Kier molecular flexibility index (Phi) is 5.82. The van der Waals surface area contributed by atoms with E-state index < -0.39 is 11.9 Å². The van der Waals surface area contributed by atoms with Gasteiger partial charge in [-0.05, 0) is 6.42 Å². The van der Waals surface area contributed by atoms with Crippen molar-refractivity contribution in [2.75, 3.05) is 19.6 Å². The van der Waals surface area contributed by atoms with Gasteiger partial charge in [0.25, 0.3) is 0 Å². The van der Waals surface area contributed by atoms with Crippen LogP contribution in [0, 0.1) is 0 Å². The maximum absolute atomic E-state index is 10.5. The SMILES string of the molecule is CCC(CN)N(CC(=O)O)CC(=O)O. The Morgan fingerprint density at radius 1 is 1.29 bits per heavy atom. The summed E-state index contributed by atoms with van der Waals surface area (Å²) in [6.07, 6.45) is 0.636. The van der Waals surface area contributed by atoms with E-state index in [1.807, 2.05) is 6.92 Å². The van der Waals surface area contributed by atoms with Crippen LogP contribution < -0.4 is 5.73 Å². The molecule has 0 aliphatic carbocycles. The van der Waals surface area contributed by atoms with Gasteiger partial charge in [0.2, 0.25) is 0 Å². The van der Waals surface area contributed by atoms with Crippen LogP contribution in [-0.4, -0.2) is 52.7 Å². The van der Waals surface area contributed by atoms with Gasteiger partial charge < -0.3 is 15.9 Å². The van der Waals surface area contributed by atoms with Crippen LogP contribution in [-0.2, 0) is 9.59 Å². The summed E-state index contributed by atoms with van der Waals surface area (Å²) in [5, 5.41) is 17.1. The average Bonchev–Trinajstić information content (AvgIpc) is 2.03. The molecule has 14 heavy (non-hydrogen) atoms. The predicted octanol–water partition coefficient (Wildman–Crippen LogP) is -0.805. The van der Waals surface area contributed by atoms with Crippen molar-refractivity contribution in [1.29, 1.82) is 0 Å². The van der Waals surface area contributed by atoms with Crippen LogP contribution >= 0.6 is 0 Å². The van der Waals surface area contributed by atoms with E-state index in [0.29, 0.717) is 6.42 Å². The van der Waals surface area contributed by atoms with Crippen molar-refractivity contribution in [3.63, 3.8) is 0 Å². The third kappa shape index (κ3) is 4.78. The molecule has 0 aromatic heterocycles. The Hall–Kier alpha value is -1.14. The van der Waals surface area contributed by atoms with Crippen LogP contribution in [0.4, 0.5) is 0 Å². The molecule has 0 fully saturated rings. The van der Waals surface area contributed by atoms with Gasteiger partial charge >= 0.3 is 11.9 Å². The van der Waals surface area contributed by atoms with Crippen LogP contribution in [0.3, 0.4) is 0 Å². The summed E-state index contributed by atoms with van der Waals surface area (Å²) >= 11 is 0. The fourth-order valence-electron chi connectivity index (χ4n) is 1.24. The van der Waals surface area contributed by atoms with E-state index in [0.717, 1.165) is 0 Å². The van der Waals surface area contributed by atoms with Crippen LogP contribution in [0.2, 0.25) is 0 Å². The Morgan fingerprint density at radius 2 is 1.71 bits per heavy atom. The molecule has 0 aliphatic rings. The lowest BCUT2D eigenvalue weighted by molar-refractivity contribution is -0.142. The van der Waals surface area contributed by atoms with Gasteiger partial charge in [0.15, 0.2) is 0 Å². The number of carboxylic acids is 2. The van der Waals surface area contributed by atoms with Gasteiger partial charge in [-0.15, -0.1) is 0 Å². The van der Waals surface area contributed by atoms with E-state index in [9.17, 15) is 9.59 Å². The third-order valence-corrected chi connectivity index (χ3v) is 1.94. The number of rotatable bonds is 7. The molecule has 1 unspecified atom stereocenters. The fraction of sp³-hybridized carbons (Fsp3) is 0.750. The highest BCUT2D eigenvalue weighted by molar-refractivity contribution is 5.72. The summed E-state index contributed by atoms with van der Waals surface area (Å²) in [6.45, 7) is 1.52. The first kappa shape index (κ1) is 12.9. The monoisotopic (exact) mass is 204 g/mol. The molecule has 0 radical (unpaired) electrons. The first-order chi connectivity index (χ1) is 6.51. The molecule has 0 aromatic rings. The number of hydrogen-bond acceptors (Lipinski definition) is 4. The Morgan fingerprint density at radius 3 is 1.93 bits per heavy atom. The summed E-state index contributed by atoms with van der Waals surface area (Å²) in [7, 11) is 0. The summed E-state index contributed by atoms with van der Waals surface area (Å²) < 4.78 is 0. The van der Waals surface area contributed by atoms with Gasteiger partial charge in [0.05, 0.1) is 13.1 Å². The van der Waals surface area contributed by atoms with Gasteiger partial charge in [-0.1, -0.05) is 6.92 Å². The van der Waals surface area contributed by atoms with E-state index in [-0.39, 0.29) is 25.7 Å². The second-order valence-corrected chi connectivity index (χ2v) is 2.99. The Balaban J connectivity index is 4.35. The van der Waals surface area contributed by atoms with Gasteiger partial charge in [0.1, 0.15) is 0 Å². The van der Waals surface area contributed by atoms with Crippen molar-refractivity contribution in [3.8, 4) is 0 Å². The molecule has 0 aromatic carbocycles. The molecule has 0 aliphatic heterocycles. The van der Waals surface area contributed by atoms with Gasteiger partial charge in [-0.25, -0.2) is 0 Å². The highest BCUT2D eigenvalue weighted by Crippen LogP contribution is 2.02. The zero-order valence-electron chi connectivity index (χ0n) is 8.14. The molecule has 0 heterocycles. The third-order valence-electron chi connectivity index (χ3n) is 1.94. The quantitative estimate of drug-likeness (QED) is 0.501. The lowest BCUT2D eigenvalue weighted by atomic mass is 10.2. The first-order valence-corrected chi connectivity index (χ1v) is 4.39. The van der Waals surface area contributed by atoms with Gasteiger partial charge in [-0.2, -0.15) is 0 Å². The molecule has 0 spiro atoms. The maximum Gasteiger partial charge on any atom is 0.317 e. The van der Waals surface area contributed by atoms with Gasteiger partial charge in [-0.3, -0.25) is 14.5 Å². The maximum atomic E-state index is 10.5. The van der Waals surface area contributed by atoms with Crippen molar-refractivity contribution < 1.29 is 19.8 Å². The van der Waals surface area contributed by atoms with E-state index in [1.54, 1.807) is 0 Å². The van der Waals surface area contributed by atoms with Gasteiger partial charge in [0, 0.05) is 12.6 Å². The second kappa shape index (κ2) is 6.33. The van der Waals surface area contributed by atoms with E-state index in [4.69, 9.17) is 15.9 Å². The number of carboxylic acid groups (broad SMARTS) is 2. The minimum absolute atomic E-state index is 0.192. The molecule has 82 valence electrons.